The molecule has 26 valence electrons. The monoisotopic (exact) mass is 96.0 g/mol. The Bertz CT molecular complexity index is 8.85. The molecule has 0 aliphatic rings. The molecule has 0 spiro atoms. The first-order chi connectivity index (χ1) is 1.91. The van der Waals surface area contributed by atoms with Crippen LogP contribution in [0.3, 0.4) is 0 Å². The minimum atomic E-state index is 0. The smallest absolute Gasteiger partial charge is 0.296 e. The molecular formula is C3H9NaSi. The van der Waals surface area contributed by atoms with E-state index in [2.05, 4.69) is 6.92 Å². The first kappa shape index (κ1) is 9.52. The Hall–Kier alpha value is 1.22. The first-order valence-electron chi connectivity index (χ1n) is 1.71. The quantitative estimate of drug-likeness (QED) is 0.315. The SMILES string of the molecule is CCC[SiH2-].[Na+]. The first-order valence-corrected chi connectivity index (χ1v) is 2.71. The summed E-state index contributed by atoms with van der Waals surface area (Å²) in [5.41, 5.74) is 0. The van der Waals surface area contributed by atoms with Crippen molar-refractivity contribution in [2.24, 2.45) is 0 Å². The van der Waals surface area contributed by atoms with Gasteiger partial charge in [0.2, 0.25) is 0 Å². The molecule has 0 aromatic carbocycles. The summed E-state index contributed by atoms with van der Waals surface area (Å²) >= 11 is 0. The van der Waals surface area contributed by atoms with Crippen LogP contribution in [0.2, 0.25) is 6.04 Å². The second-order valence-electron chi connectivity index (χ2n) is 0.854. The van der Waals surface area contributed by atoms with Crippen molar-refractivity contribution in [1.82, 2.24) is 0 Å². The molecule has 0 radical (unpaired) electrons. The van der Waals surface area contributed by atoms with Gasteiger partial charge < -0.3 is 0 Å². The summed E-state index contributed by atoms with van der Waals surface area (Å²) in [5, 5.41) is 0. The molecule has 0 aliphatic heterocycles. The molecule has 0 fully saturated rings. The molecular weight excluding hydrogens is 87.1 g/mol. The van der Waals surface area contributed by atoms with Gasteiger partial charge in [0.15, 0.2) is 0 Å². The van der Waals surface area contributed by atoms with E-state index in [1.807, 2.05) is 10.2 Å². The van der Waals surface area contributed by atoms with E-state index in [9.17, 15) is 0 Å². The molecule has 0 N–H and O–H groups in total. The van der Waals surface area contributed by atoms with Crippen molar-refractivity contribution in [3.05, 3.63) is 0 Å². The fourth-order valence-electron chi connectivity index (χ4n) is 0. The second-order valence-corrected chi connectivity index (χ2v) is 1.56. The molecule has 0 nitrogen and oxygen atoms in total. The Morgan fingerprint density at radius 1 is 1.60 bits per heavy atom. The molecule has 0 aliphatic carbocycles. The van der Waals surface area contributed by atoms with E-state index in [0.717, 1.165) is 0 Å². The molecule has 0 amide bonds. The van der Waals surface area contributed by atoms with Gasteiger partial charge >= 0.3 is 29.6 Å². The zero-order valence-corrected chi connectivity index (χ0v) is 7.54. The third kappa shape index (κ3) is 11.0. The summed E-state index contributed by atoms with van der Waals surface area (Å²) in [6.45, 7) is 2.19. The van der Waals surface area contributed by atoms with Gasteiger partial charge in [0.05, 0.1) is 0 Å². The van der Waals surface area contributed by atoms with Gasteiger partial charge in [0.25, 0.3) is 0 Å². The van der Waals surface area contributed by atoms with Crippen LogP contribution in [0.1, 0.15) is 13.3 Å². The van der Waals surface area contributed by atoms with Crippen molar-refractivity contribution in [2.75, 3.05) is 0 Å². The minimum Gasteiger partial charge on any atom is -0.296 e. The minimum absolute atomic E-state index is 0. The number of hydrogen-bond acceptors (Lipinski definition) is 0. The van der Waals surface area contributed by atoms with E-state index in [-0.39, 0.29) is 29.6 Å². The fourth-order valence-corrected chi connectivity index (χ4v) is 0. The summed E-state index contributed by atoms with van der Waals surface area (Å²) < 4.78 is 0. The van der Waals surface area contributed by atoms with E-state index in [0.29, 0.717) is 0 Å². The molecule has 0 aromatic rings. The van der Waals surface area contributed by atoms with Crippen LogP contribution in [0.5, 0.6) is 0 Å². The van der Waals surface area contributed by atoms with E-state index in [1.165, 1.54) is 12.5 Å². The molecule has 0 atom stereocenters. The van der Waals surface area contributed by atoms with Gasteiger partial charge in [-0.05, 0) is 0 Å². The van der Waals surface area contributed by atoms with Gasteiger partial charge in [-0.25, -0.2) is 0 Å². The van der Waals surface area contributed by atoms with Crippen LogP contribution in [-0.2, 0) is 0 Å². The van der Waals surface area contributed by atoms with Crippen molar-refractivity contribution in [1.29, 1.82) is 0 Å². The fraction of sp³-hybridized carbons (Fsp3) is 1.00. The van der Waals surface area contributed by atoms with Crippen LogP contribution >= 0.6 is 0 Å². The zero-order valence-electron chi connectivity index (χ0n) is 4.12. The van der Waals surface area contributed by atoms with Crippen LogP contribution < -0.4 is 29.6 Å². The van der Waals surface area contributed by atoms with Gasteiger partial charge in [-0.3, -0.25) is 10.2 Å². The second kappa shape index (κ2) is 8.96. The van der Waals surface area contributed by atoms with Crippen molar-refractivity contribution in [3.8, 4) is 0 Å². The van der Waals surface area contributed by atoms with Crippen molar-refractivity contribution >= 4 is 10.2 Å². The van der Waals surface area contributed by atoms with Gasteiger partial charge in [-0.2, -0.15) is 6.04 Å². The summed E-state index contributed by atoms with van der Waals surface area (Å²) in [6.07, 6.45) is 1.33. The average Bonchev–Trinajstić information content (AvgIpc) is 1.37. The number of rotatable bonds is 1. The maximum absolute atomic E-state index is 2.19. The largest absolute Gasteiger partial charge is 1.00 e. The van der Waals surface area contributed by atoms with Gasteiger partial charge in [0, 0.05) is 0 Å². The van der Waals surface area contributed by atoms with Crippen LogP contribution in [0.15, 0.2) is 0 Å². The molecule has 2 heteroatoms. The van der Waals surface area contributed by atoms with E-state index in [1.54, 1.807) is 0 Å². The molecule has 0 saturated carbocycles. The average molecular weight is 96.2 g/mol. The molecule has 5 heavy (non-hydrogen) atoms. The predicted molar refractivity (Wildman–Crippen MR) is 23.6 cm³/mol. The van der Waals surface area contributed by atoms with Crippen molar-refractivity contribution in [2.45, 2.75) is 19.4 Å². The maximum atomic E-state index is 2.19. The zero-order chi connectivity index (χ0) is 3.41. The standard InChI is InChI=1S/C3H9Si.Na/c1-2-3-4;/h2-4H2,1H3;/q-1;+1. The normalized spacial score (nSPS) is 6.00. The molecule has 0 aromatic heterocycles. The van der Waals surface area contributed by atoms with Crippen LogP contribution in [0, 0.1) is 0 Å². The van der Waals surface area contributed by atoms with Crippen molar-refractivity contribution < 1.29 is 29.6 Å². The van der Waals surface area contributed by atoms with Gasteiger partial charge in [-0.1, -0.05) is 13.3 Å². The summed E-state index contributed by atoms with van der Waals surface area (Å²) in [4.78, 5) is 0. The molecule has 0 heterocycles. The van der Waals surface area contributed by atoms with E-state index in [4.69, 9.17) is 0 Å². The third-order valence-corrected chi connectivity index (χ3v) is 1.06. The Morgan fingerprint density at radius 2 is 1.80 bits per heavy atom. The molecule has 0 rings (SSSR count). The summed E-state index contributed by atoms with van der Waals surface area (Å²) in [5.74, 6) is 0. The summed E-state index contributed by atoms with van der Waals surface area (Å²) in [7, 11) is 2.02. The third-order valence-electron chi connectivity index (χ3n) is 0.354. The van der Waals surface area contributed by atoms with Crippen LogP contribution in [-0.4, -0.2) is 10.2 Å². The topological polar surface area (TPSA) is 0 Å². The Kier molecular flexibility index (Phi) is 17.1. The van der Waals surface area contributed by atoms with Crippen molar-refractivity contribution in [3.63, 3.8) is 0 Å². The molecule has 0 bridgehead atoms. The predicted octanol–water partition coefficient (Wildman–Crippen LogP) is -2.55. The molecule has 0 unspecified atom stereocenters. The Labute approximate surface area is 59.1 Å². The van der Waals surface area contributed by atoms with Crippen LogP contribution in [0.4, 0.5) is 0 Å². The Balaban J connectivity index is 0. The van der Waals surface area contributed by atoms with Gasteiger partial charge in [0.1, 0.15) is 0 Å². The molecule has 0 saturated heterocycles. The van der Waals surface area contributed by atoms with Gasteiger partial charge in [-0.15, -0.1) is 0 Å². The summed E-state index contributed by atoms with van der Waals surface area (Å²) in [6, 6.07) is 1.35. The number of hydrogen-bond donors (Lipinski definition) is 0. The van der Waals surface area contributed by atoms with E-state index < -0.39 is 0 Å². The maximum Gasteiger partial charge on any atom is 1.00 e. The Morgan fingerprint density at radius 3 is 1.80 bits per heavy atom. The van der Waals surface area contributed by atoms with E-state index >= 15 is 0 Å². The van der Waals surface area contributed by atoms with Crippen LogP contribution in [0.25, 0.3) is 0 Å².